The minimum atomic E-state index is -0.519. The van der Waals surface area contributed by atoms with Gasteiger partial charge >= 0.3 is 6.09 Å². The van der Waals surface area contributed by atoms with Gasteiger partial charge in [-0.2, -0.15) is 5.10 Å². The van der Waals surface area contributed by atoms with Gasteiger partial charge in [-0.05, 0) is 78.2 Å². The van der Waals surface area contributed by atoms with Crippen molar-refractivity contribution in [2.24, 2.45) is 11.3 Å². The van der Waals surface area contributed by atoms with E-state index in [1.807, 2.05) is 25.5 Å². The summed E-state index contributed by atoms with van der Waals surface area (Å²) in [5, 5.41) is 8.29. The Bertz CT molecular complexity index is 982. The summed E-state index contributed by atoms with van der Waals surface area (Å²) in [7, 11) is 5.53. The Hall–Kier alpha value is -2.17. The summed E-state index contributed by atoms with van der Waals surface area (Å²) in [5.41, 5.74) is 1.67. The topological polar surface area (TPSA) is 98.2 Å². The lowest BCUT2D eigenvalue weighted by Gasteiger charge is -2.41. The molecule has 0 aromatic carbocycles. The van der Waals surface area contributed by atoms with Gasteiger partial charge in [0.2, 0.25) is 5.91 Å². The quantitative estimate of drug-likeness (QED) is 0.351. The van der Waals surface area contributed by atoms with Gasteiger partial charge in [0.1, 0.15) is 11.8 Å². The van der Waals surface area contributed by atoms with Crippen LogP contribution in [0.1, 0.15) is 103 Å². The number of nitrogens with zero attached hydrogens (tertiary/aromatic N) is 4. The van der Waals surface area contributed by atoms with Gasteiger partial charge in [-0.25, -0.2) is 9.48 Å². The molecular weight excluding hydrogens is 522 g/mol. The Labute approximate surface area is 247 Å². The average Bonchev–Trinajstić information content (AvgIpc) is 3.32. The minimum Gasteiger partial charge on any atom is -0.444 e. The number of methoxy groups -OCH3 is 1. The van der Waals surface area contributed by atoms with Crippen molar-refractivity contribution < 1.29 is 23.8 Å². The number of likely N-dealkylation sites (N-methyl/N-ethyl adjacent to an activating group) is 2. The fraction of sp³-hybridized carbons (Fsp3) is 0.839. The predicted molar refractivity (Wildman–Crippen MR) is 160 cm³/mol. The van der Waals surface area contributed by atoms with Crippen molar-refractivity contribution in [2.75, 3.05) is 54.1 Å². The van der Waals surface area contributed by atoms with Crippen LogP contribution in [0.2, 0.25) is 0 Å². The number of carbonyl (C=O) groups excluding carboxylic acids is 2. The van der Waals surface area contributed by atoms with Gasteiger partial charge < -0.3 is 29.3 Å². The molecule has 2 aliphatic rings. The first-order valence-corrected chi connectivity index (χ1v) is 15.4. The molecule has 234 valence electrons. The smallest absolute Gasteiger partial charge is 0.410 e. The maximum atomic E-state index is 13.3. The van der Waals surface area contributed by atoms with E-state index >= 15 is 0 Å². The van der Waals surface area contributed by atoms with E-state index in [4.69, 9.17) is 19.3 Å². The number of amides is 2. The summed E-state index contributed by atoms with van der Waals surface area (Å²) in [6.07, 6.45) is 8.54. The highest BCUT2D eigenvalue weighted by atomic mass is 16.6. The van der Waals surface area contributed by atoms with E-state index in [1.165, 1.54) is 5.56 Å². The van der Waals surface area contributed by atoms with Crippen molar-refractivity contribution in [2.45, 2.75) is 104 Å². The Morgan fingerprint density at radius 2 is 1.95 bits per heavy atom. The fourth-order valence-corrected chi connectivity index (χ4v) is 5.81. The lowest BCUT2D eigenvalue weighted by molar-refractivity contribution is -0.130. The third-order valence-electron chi connectivity index (χ3n) is 8.38. The molecule has 0 radical (unpaired) electrons. The van der Waals surface area contributed by atoms with Crippen molar-refractivity contribution in [1.29, 1.82) is 0 Å². The number of carbonyl (C=O) groups is 2. The summed E-state index contributed by atoms with van der Waals surface area (Å²) in [6.45, 7) is 14.1. The van der Waals surface area contributed by atoms with E-state index in [2.05, 4.69) is 37.3 Å². The third kappa shape index (κ3) is 9.96. The monoisotopic (exact) mass is 577 g/mol. The molecule has 1 saturated heterocycles. The molecule has 3 unspecified atom stereocenters. The van der Waals surface area contributed by atoms with Gasteiger partial charge in [-0.1, -0.05) is 13.8 Å². The molecule has 2 heterocycles. The zero-order valence-electron chi connectivity index (χ0n) is 26.8. The van der Waals surface area contributed by atoms with Gasteiger partial charge in [0.15, 0.2) is 0 Å². The van der Waals surface area contributed by atoms with Gasteiger partial charge in [0, 0.05) is 77.1 Å². The van der Waals surface area contributed by atoms with E-state index < -0.39 is 5.60 Å². The van der Waals surface area contributed by atoms with E-state index in [-0.39, 0.29) is 35.5 Å². The molecular formula is C31H55N5O5. The molecule has 41 heavy (non-hydrogen) atoms. The summed E-state index contributed by atoms with van der Waals surface area (Å²) in [5.74, 6) is 0.262. The van der Waals surface area contributed by atoms with Crippen molar-refractivity contribution in [3.8, 4) is 0 Å². The number of hydrogen-bond acceptors (Lipinski definition) is 7. The molecule has 1 aliphatic carbocycles. The number of nitrogens with one attached hydrogen (secondary N) is 1. The molecule has 0 spiro atoms. The molecule has 1 N–H and O–H groups in total. The van der Waals surface area contributed by atoms with E-state index in [1.54, 1.807) is 19.1 Å². The van der Waals surface area contributed by atoms with Crippen molar-refractivity contribution in [1.82, 2.24) is 24.9 Å². The summed E-state index contributed by atoms with van der Waals surface area (Å²) in [4.78, 5) is 29.6. The predicted octanol–water partition coefficient (Wildman–Crippen LogP) is 4.94. The molecule has 0 bridgehead atoms. The van der Waals surface area contributed by atoms with Crippen LogP contribution in [0.25, 0.3) is 0 Å². The number of rotatable bonds is 12. The molecule has 1 saturated carbocycles. The van der Waals surface area contributed by atoms with Crippen LogP contribution in [0.15, 0.2) is 6.20 Å². The van der Waals surface area contributed by atoms with Gasteiger partial charge in [-0.3, -0.25) is 4.79 Å². The lowest BCUT2D eigenvalue weighted by atomic mass is 9.64. The molecule has 1 aromatic rings. The van der Waals surface area contributed by atoms with Gasteiger partial charge in [0.05, 0.1) is 5.69 Å². The number of ether oxygens (including phenoxy) is 3. The molecule has 1 aromatic heterocycles. The third-order valence-corrected chi connectivity index (χ3v) is 8.38. The van der Waals surface area contributed by atoms with Crippen molar-refractivity contribution in [3.63, 3.8) is 0 Å². The molecule has 10 heteroatoms. The van der Waals surface area contributed by atoms with Crippen LogP contribution in [0.3, 0.4) is 0 Å². The van der Waals surface area contributed by atoms with Crippen LogP contribution in [-0.2, 0) is 25.5 Å². The van der Waals surface area contributed by atoms with Gasteiger partial charge in [0.25, 0.3) is 0 Å². The summed E-state index contributed by atoms with van der Waals surface area (Å²) >= 11 is 0. The molecule has 2 amide bonds. The Balaban J connectivity index is 1.74. The van der Waals surface area contributed by atoms with Crippen LogP contribution in [0.4, 0.5) is 4.79 Å². The zero-order chi connectivity index (χ0) is 30.2. The SMILES string of the molecule is COCCCNC(=O)C1CC(c2nn(C3CCCCO3)cc2CN(C)CCN(C)C(=O)OC(C)(C)C)CCC1(C)C. The summed E-state index contributed by atoms with van der Waals surface area (Å²) < 4.78 is 18.7. The number of hydrogen-bond donors (Lipinski definition) is 1. The highest BCUT2D eigenvalue weighted by Gasteiger charge is 2.42. The maximum Gasteiger partial charge on any atom is 0.410 e. The van der Waals surface area contributed by atoms with E-state index in [9.17, 15) is 9.59 Å². The van der Waals surface area contributed by atoms with Gasteiger partial charge in [-0.15, -0.1) is 0 Å². The highest BCUT2D eigenvalue weighted by molar-refractivity contribution is 5.79. The largest absolute Gasteiger partial charge is 0.444 e. The highest BCUT2D eigenvalue weighted by Crippen LogP contribution is 2.47. The second-order valence-electron chi connectivity index (χ2n) is 13.6. The summed E-state index contributed by atoms with van der Waals surface area (Å²) in [6, 6.07) is 0. The van der Waals surface area contributed by atoms with Crippen LogP contribution in [0, 0.1) is 11.3 Å². The van der Waals surface area contributed by atoms with E-state index in [0.29, 0.717) is 32.8 Å². The second-order valence-corrected chi connectivity index (χ2v) is 13.6. The first-order chi connectivity index (χ1) is 19.3. The maximum absolute atomic E-state index is 13.3. The standard InChI is InChI=1S/C31H55N5O5/c1-30(2,3)41-29(38)35(7)17-16-34(6)21-24-22-36(26-12-9-10-19-40-26)33-27(24)23-13-14-31(4,5)25(20-23)28(37)32-15-11-18-39-8/h22-23,25-26H,9-21H2,1-8H3,(H,32,37). The molecule has 1 aliphatic heterocycles. The molecule has 10 nitrogen and oxygen atoms in total. The fourth-order valence-electron chi connectivity index (χ4n) is 5.81. The van der Waals surface area contributed by atoms with Crippen molar-refractivity contribution in [3.05, 3.63) is 17.5 Å². The molecule has 3 rings (SSSR count). The van der Waals surface area contributed by atoms with Crippen molar-refractivity contribution >= 4 is 12.0 Å². The Morgan fingerprint density at radius 1 is 1.20 bits per heavy atom. The Morgan fingerprint density at radius 3 is 2.61 bits per heavy atom. The normalized spacial score (nSPS) is 22.9. The lowest BCUT2D eigenvalue weighted by Crippen LogP contribution is -2.43. The zero-order valence-corrected chi connectivity index (χ0v) is 26.8. The van der Waals surface area contributed by atoms with Crippen LogP contribution < -0.4 is 5.32 Å². The molecule has 3 atom stereocenters. The first kappa shape index (κ1) is 33.3. The van der Waals surface area contributed by atoms with E-state index in [0.717, 1.165) is 57.2 Å². The average molecular weight is 578 g/mol. The molecule has 2 fully saturated rings. The minimum absolute atomic E-state index is 0.0419. The Kier molecular flexibility index (Phi) is 12.1. The number of aromatic nitrogens is 2. The van der Waals surface area contributed by atoms with Crippen LogP contribution in [0.5, 0.6) is 0 Å². The second kappa shape index (κ2) is 14.8. The van der Waals surface area contributed by atoms with Crippen LogP contribution >= 0.6 is 0 Å². The van der Waals surface area contributed by atoms with Crippen LogP contribution in [-0.4, -0.2) is 91.2 Å². The first-order valence-electron chi connectivity index (χ1n) is 15.4.